The van der Waals surface area contributed by atoms with Gasteiger partial charge >= 0.3 is 0 Å². The highest BCUT2D eigenvalue weighted by molar-refractivity contribution is 8.00. The average Bonchev–Trinajstić information content (AvgIpc) is 2.92. The SMILES string of the molecule is O=C(CSc1ccc2c(c1)CCC2)c1c(F)cccc1F. The number of benzene rings is 2. The summed E-state index contributed by atoms with van der Waals surface area (Å²) in [5, 5.41) is 0. The second-order valence-corrected chi connectivity index (χ2v) is 6.14. The molecule has 0 saturated carbocycles. The first-order valence-corrected chi connectivity index (χ1v) is 7.85. The molecule has 1 aliphatic rings. The van der Waals surface area contributed by atoms with Crippen LogP contribution in [0.15, 0.2) is 41.3 Å². The number of rotatable bonds is 4. The monoisotopic (exact) mass is 304 g/mol. The predicted molar refractivity (Wildman–Crippen MR) is 79.9 cm³/mol. The molecule has 0 spiro atoms. The van der Waals surface area contributed by atoms with Crippen LogP contribution in [0.3, 0.4) is 0 Å². The van der Waals surface area contributed by atoms with E-state index in [1.807, 2.05) is 6.07 Å². The molecule has 21 heavy (non-hydrogen) atoms. The molecule has 0 aromatic heterocycles. The number of hydrogen-bond donors (Lipinski definition) is 0. The molecule has 0 aliphatic heterocycles. The number of ketones is 1. The van der Waals surface area contributed by atoms with Crippen LogP contribution in [0, 0.1) is 11.6 Å². The van der Waals surface area contributed by atoms with E-state index in [0.29, 0.717) is 0 Å². The Bertz CT molecular complexity index is 677. The maximum Gasteiger partial charge on any atom is 0.178 e. The van der Waals surface area contributed by atoms with Gasteiger partial charge in [0.25, 0.3) is 0 Å². The zero-order valence-corrected chi connectivity index (χ0v) is 12.2. The van der Waals surface area contributed by atoms with Gasteiger partial charge in [0.1, 0.15) is 11.6 Å². The summed E-state index contributed by atoms with van der Waals surface area (Å²) < 4.78 is 27.1. The van der Waals surface area contributed by atoms with E-state index in [4.69, 9.17) is 0 Å². The number of aryl methyl sites for hydroxylation is 2. The summed E-state index contributed by atoms with van der Waals surface area (Å²) in [6.45, 7) is 0. The van der Waals surface area contributed by atoms with Crippen LogP contribution in [0.5, 0.6) is 0 Å². The second kappa shape index (κ2) is 5.98. The van der Waals surface area contributed by atoms with Crippen molar-refractivity contribution in [2.45, 2.75) is 24.2 Å². The molecule has 1 aliphatic carbocycles. The zero-order valence-electron chi connectivity index (χ0n) is 11.4. The summed E-state index contributed by atoms with van der Waals surface area (Å²) in [5.74, 6) is -2.07. The molecule has 3 rings (SSSR count). The summed E-state index contributed by atoms with van der Waals surface area (Å²) in [6.07, 6.45) is 3.35. The van der Waals surface area contributed by atoms with Gasteiger partial charge in [0.2, 0.25) is 0 Å². The Hall–Kier alpha value is -1.68. The first-order valence-electron chi connectivity index (χ1n) is 6.87. The number of carbonyl (C=O) groups excluding carboxylic acids is 1. The fourth-order valence-corrected chi connectivity index (χ4v) is 3.46. The van der Waals surface area contributed by atoms with Gasteiger partial charge in [0, 0.05) is 4.90 Å². The first kappa shape index (κ1) is 14.3. The van der Waals surface area contributed by atoms with Crippen molar-refractivity contribution in [2.75, 3.05) is 5.75 Å². The Morgan fingerprint density at radius 3 is 2.52 bits per heavy atom. The molecule has 2 aromatic carbocycles. The second-order valence-electron chi connectivity index (χ2n) is 5.09. The van der Waals surface area contributed by atoms with E-state index in [1.54, 1.807) is 0 Å². The number of halogens is 2. The van der Waals surface area contributed by atoms with E-state index in [-0.39, 0.29) is 5.75 Å². The van der Waals surface area contributed by atoms with E-state index < -0.39 is 23.0 Å². The average molecular weight is 304 g/mol. The third kappa shape index (κ3) is 3.00. The smallest absolute Gasteiger partial charge is 0.178 e. The quantitative estimate of drug-likeness (QED) is 0.614. The number of hydrogen-bond acceptors (Lipinski definition) is 2. The van der Waals surface area contributed by atoms with Crippen LogP contribution in [-0.2, 0) is 12.8 Å². The highest BCUT2D eigenvalue weighted by Crippen LogP contribution is 2.28. The molecule has 0 saturated heterocycles. The van der Waals surface area contributed by atoms with Crippen LogP contribution in [0.4, 0.5) is 8.78 Å². The van der Waals surface area contributed by atoms with E-state index in [9.17, 15) is 13.6 Å². The summed E-state index contributed by atoms with van der Waals surface area (Å²) in [6, 6.07) is 9.61. The van der Waals surface area contributed by atoms with Crippen molar-refractivity contribution in [2.24, 2.45) is 0 Å². The highest BCUT2D eigenvalue weighted by Gasteiger charge is 2.17. The molecule has 1 nitrogen and oxygen atoms in total. The lowest BCUT2D eigenvalue weighted by molar-refractivity contribution is 0.101. The fourth-order valence-electron chi connectivity index (χ4n) is 2.62. The van der Waals surface area contributed by atoms with Gasteiger partial charge in [-0.3, -0.25) is 4.79 Å². The molecule has 0 atom stereocenters. The number of fused-ring (bicyclic) bond motifs is 1. The Balaban J connectivity index is 1.71. The Kier molecular flexibility index (Phi) is 4.06. The summed E-state index contributed by atoms with van der Waals surface area (Å²) in [5.41, 5.74) is 2.25. The summed E-state index contributed by atoms with van der Waals surface area (Å²) in [7, 11) is 0. The topological polar surface area (TPSA) is 17.1 Å². The van der Waals surface area contributed by atoms with Gasteiger partial charge in [-0.15, -0.1) is 11.8 Å². The van der Waals surface area contributed by atoms with Gasteiger partial charge in [-0.25, -0.2) is 8.78 Å². The number of thioether (sulfide) groups is 1. The van der Waals surface area contributed by atoms with Gasteiger partial charge < -0.3 is 0 Å². The van der Waals surface area contributed by atoms with Crippen LogP contribution >= 0.6 is 11.8 Å². The van der Waals surface area contributed by atoms with Gasteiger partial charge in [-0.1, -0.05) is 12.1 Å². The Morgan fingerprint density at radius 1 is 1.05 bits per heavy atom. The molecule has 0 heterocycles. The number of Topliss-reactive ketones (excluding diaryl/α,β-unsaturated/α-hetero) is 1. The lowest BCUT2D eigenvalue weighted by atomic mass is 10.1. The summed E-state index contributed by atoms with van der Waals surface area (Å²) in [4.78, 5) is 13.0. The molecule has 2 aromatic rings. The van der Waals surface area contributed by atoms with Crippen molar-refractivity contribution in [1.29, 1.82) is 0 Å². The van der Waals surface area contributed by atoms with Crippen molar-refractivity contribution < 1.29 is 13.6 Å². The Labute approximate surface area is 126 Å². The predicted octanol–water partition coefficient (Wildman–Crippen LogP) is 4.43. The van der Waals surface area contributed by atoms with Crippen molar-refractivity contribution in [1.82, 2.24) is 0 Å². The molecule has 0 fully saturated rings. The number of carbonyl (C=O) groups is 1. The molecule has 0 radical (unpaired) electrons. The molecule has 0 N–H and O–H groups in total. The fraction of sp³-hybridized carbons (Fsp3) is 0.235. The lowest BCUT2D eigenvalue weighted by Gasteiger charge is -2.06. The van der Waals surface area contributed by atoms with Crippen molar-refractivity contribution >= 4 is 17.5 Å². The van der Waals surface area contributed by atoms with E-state index >= 15 is 0 Å². The summed E-state index contributed by atoms with van der Waals surface area (Å²) >= 11 is 1.32. The van der Waals surface area contributed by atoms with Crippen molar-refractivity contribution in [3.8, 4) is 0 Å². The molecule has 4 heteroatoms. The van der Waals surface area contributed by atoms with Crippen molar-refractivity contribution in [3.63, 3.8) is 0 Å². The van der Waals surface area contributed by atoms with Crippen LogP contribution in [0.25, 0.3) is 0 Å². The first-order chi connectivity index (χ1) is 10.1. The normalized spacial score (nSPS) is 13.2. The third-order valence-electron chi connectivity index (χ3n) is 3.68. The lowest BCUT2D eigenvalue weighted by Crippen LogP contribution is -2.08. The maximum atomic E-state index is 13.5. The van der Waals surface area contributed by atoms with E-state index in [2.05, 4.69) is 12.1 Å². The van der Waals surface area contributed by atoms with Crippen LogP contribution in [0.1, 0.15) is 27.9 Å². The van der Waals surface area contributed by atoms with Crippen molar-refractivity contribution in [3.05, 3.63) is 64.7 Å². The van der Waals surface area contributed by atoms with Crippen LogP contribution in [-0.4, -0.2) is 11.5 Å². The molecular weight excluding hydrogens is 290 g/mol. The van der Waals surface area contributed by atoms with Gasteiger partial charge in [0.15, 0.2) is 5.78 Å². The van der Waals surface area contributed by atoms with Gasteiger partial charge in [-0.05, 0) is 54.7 Å². The van der Waals surface area contributed by atoms with E-state index in [0.717, 1.165) is 29.9 Å². The molecule has 0 bridgehead atoms. The minimum atomic E-state index is -0.797. The molecular formula is C17H14F2OS. The van der Waals surface area contributed by atoms with Crippen LogP contribution in [0.2, 0.25) is 0 Å². The maximum absolute atomic E-state index is 13.5. The standard InChI is InChI=1S/C17H14F2OS/c18-14-5-2-6-15(19)17(14)16(20)10-21-13-8-7-11-3-1-4-12(11)9-13/h2,5-9H,1,3-4,10H2. The molecule has 0 amide bonds. The van der Waals surface area contributed by atoms with Gasteiger partial charge in [0.05, 0.1) is 11.3 Å². The molecule has 108 valence electrons. The molecule has 0 unspecified atom stereocenters. The van der Waals surface area contributed by atoms with Crippen LogP contribution < -0.4 is 0 Å². The Morgan fingerprint density at radius 2 is 1.76 bits per heavy atom. The third-order valence-corrected chi connectivity index (χ3v) is 4.68. The minimum Gasteiger partial charge on any atom is -0.293 e. The minimum absolute atomic E-state index is 0.0383. The van der Waals surface area contributed by atoms with E-state index in [1.165, 1.54) is 35.4 Å². The largest absolute Gasteiger partial charge is 0.293 e. The highest BCUT2D eigenvalue weighted by atomic mass is 32.2. The zero-order chi connectivity index (χ0) is 14.8. The van der Waals surface area contributed by atoms with Gasteiger partial charge in [-0.2, -0.15) is 0 Å².